The number of hydrogen-bond acceptors (Lipinski definition) is 5. The molecule has 7 heteroatoms. The fourth-order valence-electron chi connectivity index (χ4n) is 3.21. The lowest BCUT2D eigenvalue weighted by molar-refractivity contribution is -0.117. The Labute approximate surface area is 173 Å². The summed E-state index contributed by atoms with van der Waals surface area (Å²) in [5.41, 5.74) is 0.770. The van der Waals surface area contributed by atoms with Gasteiger partial charge in [-0.3, -0.25) is 9.59 Å². The molecule has 3 aromatic rings. The number of thiophene rings is 1. The van der Waals surface area contributed by atoms with Gasteiger partial charge >= 0.3 is 5.97 Å². The van der Waals surface area contributed by atoms with Crippen LogP contribution in [0, 0.1) is 0 Å². The van der Waals surface area contributed by atoms with Crippen LogP contribution in [0.5, 0.6) is 0 Å². The van der Waals surface area contributed by atoms with Crippen LogP contribution in [-0.4, -0.2) is 35.9 Å². The molecule has 152 valence electrons. The molecule has 0 fully saturated rings. The van der Waals surface area contributed by atoms with Crippen LogP contribution in [0.15, 0.2) is 42.6 Å². The maximum atomic E-state index is 12.8. The molecule has 2 heterocycles. The number of unbranched alkanes of at least 4 members (excludes halogenated alkanes) is 3. The van der Waals surface area contributed by atoms with Gasteiger partial charge in [0.25, 0.3) is 11.7 Å². The van der Waals surface area contributed by atoms with Crippen LogP contribution in [-0.2, 0) is 9.53 Å². The predicted octanol–water partition coefficient (Wildman–Crippen LogP) is 4.36. The third kappa shape index (κ3) is 4.40. The highest BCUT2D eigenvalue weighted by molar-refractivity contribution is 7.21. The molecule has 0 saturated heterocycles. The minimum Gasteiger partial charge on any atom is -0.465 e. The first-order chi connectivity index (χ1) is 14.1. The van der Waals surface area contributed by atoms with E-state index in [4.69, 9.17) is 4.74 Å². The van der Waals surface area contributed by atoms with Gasteiger partial charge in [0.15, 0.2) is 0 Å². The fourth-order valence-corrected chi connectivity index (χ4v) is 4.33. The summed E-state index contributed by atoms with van der Waals surface area (Å²) in [5.74, 6) is -1.74. The molecule has 6 nitrogen and oxygen atoms in total. The Morgan fingerprint density at radius 2 is 1.86 bits per heavy atom. The van der Waals surface area contributed by atoms with Gasteiger partial charge in [0.05, 0.1) is 18.5 Å². The molecular formula is C22H24N2O4S. The number of carbonyl (C=O) groups excluding carboxylic acids is 3. The average Bonchev–Trinajstić information content (AvgIpc) is 3.36. The number of hydrogen-bond donors (Lipinski definition) is 1. The molecule has 0 atom stereocenters. The zero-order valence-corrected chi connectivity index (χ0v) is 17.4. The van der Waals surface area contributed by atoms with E-state index in [1.807, 2.05) is 24.3 Å². The predicted molar refractivity (Wildman–Crippen MR) is 114 cm³/mol. The standard InChI is InChI=1S/C22H24N2O4S/c1-3-4-5-8-13-23-21(26)19(25)16-11-9-14-24(16)18-15-10-6-7-12-17(15)29-20(18)22(27)28-2/h6-7,9-12,14H,3-5,8,13H2,1-2H3,(H,23,26). The molecule has 2 aromatic heterocycles. The molecule has 1 N–H and O–H groups in total. The number of benzene rings is 1. The van der Waals surface area contributed by atoms with Gasteiger partial charge in [0.2, 0.25) is 0 Å². The van der Waals surface area contributed by atoms with Crippen molar-refractivity contribution in [3.8, 4) is 5.69 Å². The molecule has 0 unspecified atom stereocenters. The number of rotatable bonds is 9. The highest BCUT2D eigenvalue weighted by atomic mass is 32.1. The Bertz CT molecular complexity index is 1030. The highest BCUT2D eigenvalue weighted by Crippen LogP contribution is 2.35. The van der Waals surface area contributed by atoms with Crippen LogP contribution in [0.3, 0.4) is 0 Å². The van der Waals surface area contributed by atoms with E-state index in [2.05, 4.69) is 12.2 Å². The van der Waals surface area contributed by atoms with E-state index in [-0.39, 0.29) is 5.69 Å². The lowest BCUT2D eigenvalue weighted by Crippen LogP contribution is -2.32. The molecule has 0 aliphatic carbocycles. The van der Waals surface area contributed by atoms with Gasteiger partial charge in [-0.25, -0.2) is 4.79 Å². The summed E-state index contributed by atoms with van der Waals surface area (Å²) < 4.78 is 7.43. The van der Waals surface area contributed by atoms with Crippen LogP contribution in [0.25, 0.3) is 15.8 Å². The van der Waals surface area contributed by atoms with Gasteiger partial charge in [-0.15, -0.1) is 11.3 Å². The maximum Gasteiger partial charge on any atom is 0.350 e. The van der Waals surface area contributed by atoms with E-state index >= 15 is 0 Å². The molecular weight excluding hydrogens is 388 g/mol. The quantitative estimate of drug-likeness (QED) is 0.245. The van der Waals surface area contributed by atoms with Gasteiger partial charge in [0.1, 0.15) is 4.88 Å². The molecule has 0 aliphatic rings. The third-order valence-electron chi connectivity index (χ3n) is 4.68. The number of ketones is 1. The van der Waals surface area contributed by atoms with Crippen molar-refractivity contribution in [3.63, 3.8) is 0 Å². The summed E-state index contributed by atoms with van der Waals surface area (Å²) in [6, 6.07) is 10.8. The molecule has 29 heavy (non-hydrogen) atoms. The SMILES string of the molecule is CCCCCCNC(=O)C(=O)c1cccn1-c1c(C(=O)OC)sc2ccccc12. The summed E-state index contributed by atoms with van der Waals surface area (Å²) in [7, 11) is 1.32. The molecule has 0 bridgehead atoms. The fraction of sp³-hybridized carbons (Fsp3) is 0.318. The van der Waals surface area contributed by atoms with E-state index in [1.54, 1.807) is 22.9 Å². The van der Waals surface area contributed by atoms with Crippen molar-refractivity contribution in [2.24, 2.45) is 0 Å². The summed E-state index contributed by atoms with van der Waals surface area (Å²) in [6.07, 6.45) is 5.76. The summed E-state index contributed by atoms with van der Waals surface area (Å²) >= 11 is 1.30. The molecule has 1 aromatic carbocycles. The Balaban J connectivity index is 1.91. The van der Waals surface area contributed by atoms with Crippen LogP contribution in [0.2, 0.25) is 0 Å². The second-order valence-corrected chi connectivity index (χ2v) is 7.73. The minimum atomic E-state index is -0.638. The second-order valence-electron chi connectivity index (χ2n) is 6.68. The number of amides is 1. The zero-order chi connectivity index (χ0) is 20.8. The number of ether oxygens (including phenoxy) is 1. The van der Waals surface area contributed by atoms with Crippen molar-refractivity contribution < 1.29 is 19.1 Å². The van der Waals surface area contributed by atoms with E-state index < -0.39 is 17.7 Å². The third-order valence-corrected chi connectivity index (χ3v) is 5.82. The Morgan fingerprint density at radius 1 is 1.07 bits per heavy atom. The largest absolute Gasteiger partial charge is 0.465 e. The van der Waals surface area contributed by atoms with Crippen molar-refractivity contribution in [2.75, 3.05) is 13.7 Å². The van der Waals surface area contributed by atoms with E-state index in [1.165, 1.54) is 18.4 Å². The number of esters is 1. The Kier molecular flexibility index (Phi) is 6.82. The molecule has 3 rings (SSSR count). The molecule has 0 aliphatic heterocycles. The first-order valence-electron chi connectivity index (χ1n) is 9.68. The lowest BCUT2D eigenvalue weighted by atomic mass is 10.2. The summed E-state index contributed by atoms with van der Waals surface area (Å²) in [4.78, 5) is 37.9. The van der Waals surface area contributed by atoms with E-state index in [0.717, 1.165) is 35.8 Å². The first kappa shape index (κ1) is 20.8. The Morgan fingerprint density at radius 3 is 2.62 bits per heavy atom. The van der Waals surface area contributed by atoms with Gasteiger partial charge in [0, 0.05) is 22.8 Å². The van der Waals surface area contributed by atoms with Crippen molar-refractivity contribution >= 4 is 39.1 Å². The van der Waals surface area contributed by atoms with Crippen molar-refractivity contribution in [2.45, 2.75) is 32.6 Å². The van der Waals surface area contributed by atoms with Crippen LogP contribution in [0.4, 0.5) is 0 Å². The monoisotopic (exact) mass is 412 g/mol. The van der Waals surface area contributed by atoms with Gasteiger partial charge in [-0.2, -0.15) is 0 Å². The van der Waals surface area contributed by atoms with Gasteiger partial charge < -0.3 is 14.6 Å². The number of carbonyl (C=O) groups is 3. The van der Waals surface area contributed by atoms with Crippen LogP contribution < -0.4 is 5.32 Å². The van der Waals surface area contributed by atoms with Crippen molar-refractivity contribution in [3.05, 3.63) is 53.2 Å². The van der Waals surface area contributed by atoms with Crippen molar-refractivity contribution in [1.29, 1.82) is 0 Å². The first-order valence-corrected chi connectivity index (χ1v) is 10.5. The van der Waals surface area contributed by atoms with Gasteiger partial charge in [-0.1, -0.05) is 44.4 Å². The van der Waals surface area contributed by atoms with Crippen molar-refractivity contribution in [1.82, 2.24) is 9.88 Å². The number of nitrogens with one attached hydrogen (secondary N) is 1. The molecule has 1 amide bonds. The number of aromatic nitrogens is 1. The number of fused-ring (bicyclic) bond motifs is 1. The number of nitrogens with zero attached hydrogens (tertiary/aromatic N) is 1. The minimum absolute atomic E-state index is 0.213. The topological polar surface area (TPSA) is 77.4 Å². The molecule has 0 saturated carbocycles. The average molecular weight is 413 g/mol. The summed E-state index contributed by atoms with van der Waals surface area (Å²) in [5, 5.41) is 3.52. The van der Waals surface area contributed by atoms with Crippen LogP contribution >= 0.6 is 11.3 Å². The lowest BCUT2D eigenvalue weighted by Gasteiger charge is -2.10. The number of Topliss-reactive ketones (excluding diaryl/α,β-unsaturated/α-hetero) is 1. The smallest absolute Gasteiger partial charge is 0.350 e. The number of methoxy groups -OCH3 is 1. The van der Waals surface area contributed by atoms with E-state index in [0.29, 0.717) is 17.1 Å². The molecule has 0 spiro atoms. The normalized spacial score (nSPS) is 10.8. The summed E-state index contributed by atoms with van der Waals surface area (Å²) in [6.45, 7) is 2.59. The van der Waals surface area contributed by atoms with E-state index in [9.17, 15) is 14.4 Å². The zero-order valence-electron chi connectivity index (χ0n) is 16.6. The van der Waals surface area contributed by atoms with Crippen LogP contribution in [0.1, 0.15) is 52.8 Å². The van der Waals surface area contributed by atoms with Gasteiger partial charge in [-0.05, 0) is 24.6 Å². The highest BCUT2D eigenvalue weighted by Gasteiger charge is 2.25. The maximum absolute atomic E-state index is 12.8. The molecule has 0 radical (unpaired) electrons. The second kappa shape index (κ2) is 9.52. The Hall–Kier alpha value is -2.93.